The molecule has 1 spiro atoms. The van der Waals surface area contributed by atoms with E-state index in [1.165, 1.54) is 6.20 Å². The van der Waals surface area contributed by atoms with E-state index in [2.05, 4.69) is 10.2 Å². The van der Waals surface area contributed by atoms with Crippen LogP contribution in [0.1, 0.15) is 37.2 Å². The summed E-state index contributed by atoms with van der Waals surface area (Å²) in [6.07, 6.45) is 4.71. The number of carbonyl (C=O) groups is 2. The highest BCUT2D eigenvalue weighted by Crippen LogP contribution is 2.48. The molecule has 0 radical (unpaired) electrons. The summed E-state index contributed by atoms with van der Waals surface area (Å²) in [5, 5.41) is 16.9. The van der Waals surface area contributed by atoms with Crippen LogP contribution < -0.4 is 0 Å². The third-order valence-electron chi connectivity index (χ3n) is 4.69. The van der Waals surface area contributed by atoms with Gasteiger partial charge in [-0.1, -0.05) is 19.9 Å². The molecule has 118 valence electrons. The number of hydrogen-bond acceptors (Lipinski definition) is 5. The van der Waals surface area contributed by atoms with Gasteiger partial charge in [0.25, 0.3) is 5.91 Å². The number of amides is 1. The molecule has 0 saturated carbocycles. The molecule has 1 amide bonds. The number of rotatable bonds is 1. The van der Waals surface area contributed by atoms with Gasteiger partial charge in [-0.3, -0.25) is 9.59 Å². The summed E-state index contributed by atoms with van der Waals surface area (Å²) in [5.41, 5.74) is -0.346. The first-order valence-electron chi connectivity index (χ1n) is 7.62. The van der Waals surface area contributed by atoms with E-state index < -0.39 is 5.41 Å². The molecule has 1 aliphatic carbocycles. The molecule has 1 saturated heterocycles. The van der Waals surface area contributed by atoms with Crippen LogP contribution in [-0.2, 0) is 4.79 Å². The van der Waals surface area contributed by atoms with Gasteiger partial charge in [0.1, 0.15) is 6.07 Å². The van der Waals surface area contributed by atoms with Crippen molar-refractivity contribution in [3.63, 3.8) is 0 Å². The lowest BCUT2D eigenvalue weighted by Gasteiger charge is -2.38. The van der Waals surface area contributed by atoms with Gasteiger partial charge in [-0.15, -0.1) is 5.10 Å². The molecule has 0 aromatic carbocycles. The molecular formula is C17H18N4O2. The van der Waals surface area contributed by atoms with Crippen LogP contribution in [0.2, 0.25) is 0 Å². The van der Waals surface area contributed by atoms with E-state index in [0.717, 1.165) is 6.42 Å². The molecule has 2 aliphatic rings. The van der Waals surface area contributed by atoms with Gasteiger partial charge in [0.05, 0.1) is 5.57 Å². The van der Waals surface area contributed by atoms with Crippen LogP contribution in [0.3, 0.4) is 0 Å². The zero-order valence-electron chi connectivity index (χ0n) is 13.2. The number of ketones is 1. The zero-order valence-corrected chi connectivity index (χ0v) is 13.2. The molecule has 6 nitrogen and oxygen atoms in total. The van der Waals surface area contributed by atoms with Crippen LogP contribution in [-0.4, -0.2) is 39.9 Å². The lowest BCUT2D eigenvalue weighted by atomic mass is 9.64. The number of nitriles is 1. The fourth-order valence-corrected chi connectivity index (χ4v) is 3.74. The number of nitrogens with zero attached hydrogens (tertiary/aromatic N) is 4. The van der Waals surface area contributed by atoms with Crippen LogP contribution in [0.4, 0.5) is 0 Å². The first-order chi connectivity index (χ1) is 10.9. The molecule has 0 bridgehead atoms. The maximum Gasteiger partial charge on any atom is 0.274 e. The molecule has 3 rings (SSSR count). The van der Waals surface area contributed by atoms with E-state index in [4.69, 9.17) is 0 Å². The van der Waals surface area contributed by atoms with Crippen LogP contribution in [0.25, 0.3) is 0 Å². The molecule has 1 aromatic rings. The summed E-state index contributed by atoms with van der Waals surface area (Å²) in [6.45, 7) is 4.84. The molecule has 1 aliphatic heterocycles. The predicted molar refractivity (Wildman–Crippen MR) is 82.1 cm³/mol. The van der Waals surface area contributed by atoms with Crippen molar-refractivity contribution >= 4 is 11.7 Å². The summed E-state index contributed by atoms with van der Waals surface area (Å²) in [6, 6.07) is 5.35. The van der Waals surface area contributed by atoms with E-state index in [0.29, 0.717) is 25.2 Å². The van der Waals surface area contributed by atoms with Crippen LogP contribution >= 0.6 is 0 Å². The Labute approximate surface area is 134 Å². The van der Waals surface area contributed by atoms with Crippen molar-refractivity contribution in [2.75, 3.05) is 13.1 Å². The number of allylic oxidation sites excluding steroid dienone is 1. The normalized spacial score (nSPS) is 26.0. The Morgan fingerprint density at radius 2 is 2.22 bits per heavy atom. The first kappa shape index (κ1) is 15.3. The Kier molecular flexibility index (Phi) is 3.52. The average molecular weight is 310 g/mol. The Hall–Kier alpha value is -2.55. The van der Waals surface area contributed by atoms with Gasteiger partial charge in [0, 0.05) is 30.1 Å². The predicted octanol–water partition coefficient (Wildman–Crippen LogP) is 1.76. The van der Waals surface area contributed by atoms with Crippen molar-refractivity contribution in [3.05, 3.63) is 35.7 Å². The van der Waals surface area contributed by atoms with Crippen molar-refractivity contribution < 1.29 is 9.59 Å². The second kappa shape index (κ2) is 5.27. The van der Waals surface area contributed by atoms with Gasteiger partial charge >= 0.3 is 0 Å². The SMILES string of the molecule is CC1(C)CC2(C=C(C#N)C1=O)CCN(C(=O)c1cccnn1)C2. The van der Waals surface area contributed by atoms with E-state index >= 15 is 0 Å². The van der Waals surface area contributed by atoms with E-state index in [1.54, 1.807) is 23.1 Å². The third kappa shape index (κ3) is 2.63. The topological polar surface area (TPSA) is 87.0 Å². The third-order valence-corrected chi connectivity index (χ3v) is 4.69. The largest absolute Gasteiger partial charge is 0.336 e. The van der Waals surface area contributed by atoms with Gasteiger partial charge in [-0.25, -0.2) is 0 Å². The minimum atomic E-state index is -0.578. The summed E-state index contributed by atoms with van der Waals surface area (Å²) in [7, 11) is 0. The van der Waals surface area contributed by atoms with Gasteiger partial charge in [0.15, 0.2) is 11.5 Å². The zero-order chi connectivity index (χ0) is 16.7. The molecule has 1 aromatic heterocycles. The second-order valence-corrected chi connectivity index (χ2v) is 7.01. The fourth-order valence-electron chi connectivity index (χ4n) is 3.74. The van der Waals surface area contributed by atoms with Gasteiger partial charge in [-0.05, 0) is 25.0 Å². The fraction of sp³-hybridized carbons (Fsp3) is 0.471. The molecule has 1 atom stereocenters. The van der Waals surface area contributed by atoms with Crippen LogP contribution in [0.5, 0.6) is 0 Å². The highest BCUT2D eigenvalue weighted by atomic mass is 16.2. The average Bonchev–Trinajstić information content (AvgIpc) is 2.94. The van der Waals surface area contributed by atoms with Crippen LogP contribution in [0, 0.1) is 22.2 Å². The number of likely N-dealkylation sites (tertiary alicyclic amines) is 1. The number of hydrogen-bond donors (Lipinski definition) is 0. The maximum absolute atomic E-state index is 12.5. The monoisotopic (exact) mass is 310 g/mol. The molecule has 23 heavy (non-hydrogen) atoms. The van der Waals surface area contributed by atoms with Gasteiger partial charge < -0.3 is 4.90 Å². The van der Waals surface area contributed by atoms with Crippen molar-refractivity contribution in [1.29, 1.82) is 5.26 Å². The van der Waals surface area contributed by atoms with E-state index in [1.807, 2.05) is 19.9 Å². The summed E-state index contributed by atoms with van der Waals surface area (Å²) in [4.78, 5) is 26.5. The lowest BCUT2D eigenvalue weighted by Crippen LogP contribution is -2.40. The smallest absolute Gasteiger partial charge is 0.274 e. The Bertz CT molecular complexity index is 733. The maximum atomic E-state index is 12.5. The first-order valence-corrected chi connectivity index (χ1v) is 7.62. The van der Waals surface area contributed by atoms with Crippen molar-refractivity contribution in [2.45, 2.75) is 26.7 Å². The molecular weight excluding hydrogens is 292 g/mol. The lowest BCUT2D eigenvalue weighted by molar-refractivity contribution is -0.125. The second-order valence-electron chi connectivity index (χ2n) is 7.01. The van der Waals surface area contributed by atoms with Crippen LogP contribution in [0.15, 0.2) is 30.0 Å². The molecule has 6 heteroatoms. The summed E-state index contributed by atoms with van der Waals surface area (Å²) < 4.78 is 0. The molecule has 1 unspecified atom stereocenters. The number of Topliss-reactive ketones (excluding diaryl/α,β-unsaturated/α-hetero) is 1. The van der Waals surface area contributed by atoms with E-state index in [9.17, 15) is 14.9 Å². The van der Waals surface area contributed by atoms with Crippen molar-refractivity contribution in [3.8, 4) is 6.07 Å². The highest BCUT2D eigenvalue weighted by molar-refractivity contribution is 6.03. The van der Waals surface area contributed by atoms with Gasteiger partial charge in [0.2, 0.25) is 0 Å². The van der Waals surface area contributed by atoms with Crippen molar-refractivity contribution in [1.82, 2.24) is 15.1 Å². The molecule has 1 fully saturated rings. The Morgan fingerprint density at radius 1 is 1.43 bits per heavy atom. The molecule has 0 N–H and O–H groups in total. The van der Waals surface area contributed by atoms with E-state index in [-0.39, 0.29) is 22.7 Å². The molecule has 2 heterocycles. The minimum Gasteiger partial charge on any atom is -0.336 e. The summed E-state index contributed by atoms with van der Waals surface area (Å²) >= 11 is 0. The number of carbonyl (C=O) groups excluding carboxylic acids is 2. The standard InChI is InChI=1S/C17H18N4O2/c1-16(2)10-17(8-12(9-18)14(16)22)5-7-21(11-17)15(23)13-4-3-6-19-20-13/h3-4,6,8H,5,7,10-11H2,1-2H3. The Morgan fingerprint density at radius 3 is 2.87 bits per heavy atom. The van der Waals surface area contributed by atoms with Crippen molar-refractivity contribution in [2.24, 2.45) is 10.8 Å². The van der Waals surface area contributed by atoms with Gasteiger partial charge in [-0.2, -0.15) is 10.4 Å². The number of aromatic nitrogens is 2. The highest BCUT2D eigenvalue weighted by Gasteiger charge is 2.49. The quantitative estimate of drug-likeness (QED) is 0.788. The minimum absolute atomic E-state index is 0.107. The Balaban J connectivity index is 1.87. The summed E-state index contributed by atoms with van der Waals surface area (Å²) in [5.74, 6) is -0.263.